The molecule has 250 valence electrons. The Hall–Kier alpha value is -1.00. The minimum atomic E-state index is 0.433. The van der Waals surface area contributed by atoms with E-state index in [1.807, 2.05) is 0 Å². The van der Waals surface area contributed by atoms with Crippen LogP contribution in [-0.4, -0.2) is 38.6 Å². The third kappa shape index (κ3) is 13.9. The Bertz CT molecular complexity index is 728. The molecule has 0 aromatic heterocycles. The summed E-state index contributed by atoms with van der Waals surface area (Å²) >= 11 is 0. The molecule has 5 aliphatic rings. The Labute approximate surface area is 267 Å². The summed E-state index contributed by atoms with van der Waals surface area (Å²) in [6.07, 6.45) is 26.0. The van der Waals surface area contributed by atoms with Crippen molar-refractivity contribution in [2.24, 2.45) is 46.8 Å². The van der Waals surface area contributed by atoms with Gasteiger partial charge < -0.3 is 18.9 Å². The van der Waals surface area contributed by atoms with E-state index in [0.29, 0.717) is 17.6 Å². The van der Waals surface area contributed by atoms with Gasteiger partial charge in [0.1, 0.15) is 6.10 Å². The van der Waals surface area contributed by atoms with E-state index in [4.69, 9.17) is 18.9 Å². The highest BCUT2D eigenvalue weighted by Crippen LogP contribution is 2.49. The first-order valence-corrected chi connectivity index (χ1v) is 18.4. The van der Waals surface area contributed by atoms with Crippen molar-refractivity contribution >= 4 is 0 Å². The Morgan fingerprint density at radius 1 is 0.605 bits per heavy atom. The second kappa shape index (κ2) is 19.5. The van der Waals surface area contributed by atoms with Gasteiger partial charge in [-0.1, -0.05) is 86.3 Å². The molecule has 1 saturated heterocycles. The standard InChI is InChI=1S/C18H32O.C11H20O2.C10H18O/c1-5-19-17-12-10-16(11-13-17)18(3,4)15-8-6-14(2)7-9-15;1-9-2-4-10(5-3-9)6-12-7-11-8-13-11;1-3-11-8-10-6-4-9(2)5-7-10/h5,14-17H,1,6-13H2,2-4H3;9-11H,2-8H2,1H3;3,9-10H,1,4-8H2,2H3. The maximum Gasteiger partial charge on any atom is 0.104 e. The molecule has 4 heteroatoms. The topological polar surface area (TPSA) is 40.2 Å². The molecule has 5 fully saturated rings. The maximum absolute atomic E-state index is 5.61. The molecule has 43 heavy (non-hydrogen) atoms. The maximum atomic E-state index is 5.61. The summed E-state index contributed by atoms with van der Waals surface area (Å²) in [6, 6.07) is 0. The van der Waals surface area contributed by atoms with Gasteiger partial charge in [-0.2, -0.15) is 0 Å². The van der Waals surface area contributed by atoms with Gasteiger partial charge in [0.2, 0.25) is 0 Å². The zero-order chi connectivity index (χ0) is 31.1. The number of ether oxygens (including phenoxy) is 4. The molecule has 0 spiro atoms. The van der Waals surface area contributed by atoms with E-state index >= 15 is 0 Å². The summed E-state index contributed by atoms with van der Waals surface area (Å²) in [5.41, 5.74) is 0.527. The van der Waals surface area contributed by atoms with E-state index in [9.17, 15) is 0 Å². The van der Waals surface area contributed by atoms with Crippen LogP contribution in [0.1, 0.15) is 137 Å². The molecule has 1 aliphatic heterocycles. The molecule has 1 heterocycles. The largest absolute Gasteiger partial charge is 0.502 e. The number of rotatable bonds is 11. The van der Waals surface area contributed by atoms with Crippen molar-refractivity contribution in [3.8, 4) is 0 Å². The normalized spacial score (nSPS) is 36.1. The predicted molar refractivity (Wildman–Crippen MR) is 181 cm³/mol. The molecule has 1 unspecified atom stereocenters. The molecular formula is C39H70O4. The van der Waals surface area contributed by atoms with Crippen LogP contribution in [0.15, 0.2) is 25.7 Å². The molecule has 4 saturated carbocycles. The molecule has 0 aromatic carbocycles. The Balaban J connectivity index is 0.000000185. The Morgan fingerprint density at radius 3 is 1.49 bits per heavy atom. The van der Waals surface area contributed by atoms with Gasteiger partial charge in [-0.3, -0.25) is 0 Å². The van der Waals surface area contributed by atoms with Crippen LogP contribution in [0, 0.1) is 46.8 Å². The van der Waals surface area contributed by atoms with Gasteiger partial charge in [-0.05, 0) is 111 Å². The van der Waals surface area contributed by atoms with E-state index in [1.54, 1.807) is 12.5 Å². The lowest BCUT2D eigenvalue weighted by molar-refractivity contribution is 0.0125. The second-order valence-electron chi connectivity index (χ2n) is 15.8. The first-order chi connectivity index (χ1) is 20.7. The van der Waals surface area contributed by atoms with Crippen molar-refractivity contribution in [3.63, 3.8) is 0 Å². The van der Waals surface area contributed by atoms with Crippen molar-refractivity contribution in [3.05, 3.63) is 25.7 Å². The fourth-order valence-electron chi connectivity index (χ4n) is 8.14. The highest BCUT2D eigenvalue weighted by molar-refractivity contribution is 4.90. The molecule has 0 N–H and O–H groups in total. The van der Waals surface area contributed by atoms with Gasteiger partial charge >= 0.3 is 0 Å². The van der Waals surface area contributed by atoms with Gasteiger partial charge in [0, 0.05) is 6.61 Å². The van der Waals surface area contributed by atoms with E-state index < -0.39 is 0 Å². The highest BCUT2D eigenvalue weighted by atomic mass is 16.6. The van der Waals surface area contributed by atoms with Crippen molar-refractivity contribution in [2.45, 2.75) is 150 Å². The molecule has 4 aliphatic carbocycles. The summed E-state index contributed by atoms with van der Waals surface area (Å²) in [5.74, 6) is 6.32. The SMILES string of the molecule is C=COC1CCC(C(C)(C)C2CCC(C)CC2)CC1.C=COCC1CCC(C)CC1.CC1CCC(COCC2CO2)CC1. The lowest BCUT2D eigenvalue weighted by Crippen LogP contribution is -2.37. The molecule has 0 bridgehead atoms. The van der Waals surface area contributed by atoms with Crippen molar-refractivity contribution in [2.75, 3.05) is 26.4 Å². The Morgan fingerprint density at radius 2 is 1.05 bits per heavy atom. The number of hydrogen-bond acceptors (Lipinski definition) is 4. The molecule has 0 radical (unpaired) electrons. The number of epoxide rings is 1. The minimum absolute atomic E-state index is 0.433. The lowest BCUT2D eigenvalue weighted by atomic mass is 9.60. The third-order valence-corrected chi connectivity index (χ3v) is 11.9. The Kier molecular flexibility index (Phi) is 16.5. The van der Waals surface area contributed by atoms with Crippen molar-refractivity contribution < 1.29 is 18.9 Å². The molecular weight excluding hydrogens is 532 g/mol. The summed E-state index contributed by atoms with van der Waals surface area (Å²) in [6.45, 7) is 23.0. The van der Waals surface area contributed by atoms with Crippen LogP contribution in [0.5, 0.6) is 0 Å². The van der Waals surface area contributed by atoms with Crippen LogP contribution >= 0.6 is 0 Å². The fraction of sp³-hybridized carbons (Fsp3) is 0.897. The fourth-order valence-corrected chi connectivity index (χ4v) is 8.14. The first-order valence-electron chi connectivity index (χ1n) is 18.4. The smallest absolute Gasteiger partial charge is 0.104 e. The van der Waals surface area contributed by atoms with E-state index in [0.717, 1.165) is 67.9 Å². The van der Waals surface area contributed by atoms with Crippen molar-refractivity contribution in [1.29, 1.82) is 0 Å². The van der Waals surface area contributed by atoms with Crippen LogP contribution in [0.3, 0.4) is 0 Å². The molecule has 5 rings (SSSR count). The summed E-state index contributed by atoms with van der Waals surface area (Å²) in [4.78, 5) is 0. The number of hydrogen-bond donors (Lipinski definition) is 0. The van der Waals surface area contributed by atoms with Gasteiger partial charge in [-0.25, -0.2) is 0 Å². The monoisotopic (exact) mass is 603 g/mol. The lowest BCUT2D eigenvalue weighted by Gasteiger charge is -2.46. The van der Waals surface area contributed by atoms with Gasteiger partial charge in [-0.15, -0.1) is 0 Å². The van der Waals surface area contributed by atoms with Gasteiger partial charge in [0.25, 0.3) is 0 Å². The average Bonchev–Trinajstić information content (AvgIpc) is 3.84. The van der Waals surface area contributed by atoms with E-state index in [2.05, 4.69) is 47.8 Å². The molecule has 4 nitrogen and oxygen atoms in total. The summed E-state index contributed by atoms with van der Waals surface area (Å²) in [7, 11) is 0. The van der Waals surface area contributed by atoms with Crippen LogP contribution < -0.4 is 0 Å². The zero-order valence-electron chi connectivity index (χ0n) is 29.0. The average molecular weight is 603 g/mol. The quantitative estimate of drug-likeness (QED) is 0.174. The van der Waals surface area contributed by atoms with Crippen LogP contribution in [0.25, 0.3) is 0 Å². The van der Waals surface area contributed by atoms with E-state index in [-0.39, 0.29) is 0 Å². The highest BCUT2D eigenvalue weighted by Gasteiger charge is 2.40. The second-order valence-corrected chi connectivity index (χ2v) is 15.8. The van der Waals surface area contributed by atoms with Crippen molar-refractivity contribution in [1.82, 2.24) is 0 Å². The van der Waals surface area contributed by atoms with Crippen LogP contribution in [0.2, 0.25) is 0 Å². The molecule has 0 amide bonds. The predicted octanol–water partition coefficient (Wildman–Crippen LogP) is 10.8. The van der Waals surface area contributed by atoms with E-state index in [1.165, 1.54) is 103 Å². The molecule has 1 atom stereocenters. The molecule has 0 aromatic rings. The van der Waals surface area contributed by atoms with Crippen LogP contribution in [-0.2, 0) is 18.9 Å². The minimum Gasteiger partial charge on any atom is -0.502 e. The van der Waals surface area contributed by atoms with Gasteiger partial charge in [0.15, 0.2) is 0 Å². The first kappa shape index (κ1) is 36.5. The van der Waals surface area contributed by atoms with Crippen LogP contribution in [0.4, 0.5) is 0 Å². The summed E-state index contributed by atoms with van der Waals surface area (Å²) < 4.78 is 21.4. The van der Waals surface area contributed by atoms with Gasteiger partial charge in [0.05, 0.1) is 38.4 Å². The summed E-state index contributed by atoms with van der Waals surface area (Å²) in [5, 5.41) is 0. The third-order valence-electron chi connectivity index (χ3n) is 11.9. The zero-order valence-corrected chi connectivity index (χ0v) is 29.0.